The summed E-state index contributed by atoms with van der Waals surface area (Å²) in [6.07, 6.45) is 2.93. The van der Waals surface area contributed by atoms with Crippen LogP contribution in [-0.4, -0.2) is 28.8 Å². The number of pyridine rings is 1. The Bertz CT molecular complexity index is 1140. The zero-order valence-electron chi connectivity index (χ0n) is 16.9. The molecule has 1 amide bonds. The molecule has 2 aliphatic carbocycles. The van der Waals surface area contributed by atoms with Gasteiger partial charge in [-0.05, 0) is 59.6 Å². The van der Waals surface area contributed by atoms with Crippen LogP contribution < -0.4 is 5.32 Å². The first-order valence-electron chi connectivity index (χ1n) is 10.5. The van der Waals surface area contributed by atoms with Crippen LogP contribution in [0, 0.1) is 0 Å². The lowest BCUT2D eigenvalue weighted by molar-refractivity contribution is 0.0697. The van der Waals surface area contributed by atoms with Crippen molar-refractivity contribution in [1.82, 2.24) is 4.98 Å². The first kappa shape index (κ1) is 19.3. The third-order valence-corrected chi connectivity index (χ3v) is 6.10. The van der Waals surface area contributed by atoms with Crippen LogP contribution in [0.4, 0.5) is 10.6 Å². The number of carbonyl (C=O) groups is 2. The Morgan fingerprint density at radius 3 is 2.32 bits per heavy atom. The molecule has 1 aromatic heterocycles. The summed E-state index contributed by atoms with van der Waals surface area (Å²) in [6.45, 7) is 0.160. The van der Waals surface area contributed by atoms with E-state index in [1.807, 2.05) is 24.3 Å². The monoisotopic (exact) mass is 414 g/mol. The minimum Gasteiger partial charge on any atom is -0.478 e. The van der Waals surface area contributed by atoms with E-state index in [-0.39, 0.29) is 23.9 Å². The highest BCUT2D eigenvalue weighted by atomic mass is 16.5. The molecule has 31 heavy (non-hydrogen) atoms. The number of rotatable bonds is 4. The second kappa shape index (κ2) is 7.87. The zero-order chi connectivity index (χ0) is 21.4. The molecule has 0 radical (unpaired) electrons. The van der Waals surface area contributed by atoms with Crippen LogP contribution in [-0.2, 0) is 17.6 Å². The predicted octanol–water partition coefficient (Wildman–Crippen LogP) is 5.02. The Labute approximate surface area is 179 Å². The summed E-state index contributed by atoms with van der Waals surface area (Å²) in [7, 11) is 0. The van der Waals surface area contributed by atoms with Gasteiger partial charge in [0, 0.05) is 11.6 Å². The molecule has 6 heteroatoms. The number of hydrogen-bond acceptors (Lipinski definition) is 4. The van der Waals surface area contributed by atoms with Crippen LogP contribution in [0.25, 0.3) is 11.1 Å². The normalized spacial score (nSPS) is 14.3. The van der Waals surface area contributed by atoms with Gasteiger partial charge in [0.15, 0.2) is 0 Å². The van der Waals surface area contributed by atoms with E-state index in [0.717, 1.165) is 59.2 Å². The highest BCUT2D eigenvalue weighted by Crippen LogP contribution is 2.44. The molecule has 0 saturated carbocycles. The Hall–Kier alpha value is -3.67. The van der Waals surface area contributed by atoms with E-state index < -0.39 is 12.1 Å². The van der Waals surface area contributed by atoms with Gasteiger partial charge in [-0.2, -0.15) is 0 Å². The number of benzene rings is 2. The Morgan fingerprint density at radius 2 is 1.65 bits per heavy atom. The first-order valence-corrected chi connectivity index (χ1v) is 10.5. The number of fused-ring (bicyclic) bond motifs is 4. The lowest BCUT2D eigenvalue weighted by Gasteiger charge is -2.18. The second-order valence-electron chi connectivity index (χ2n) is 7.95. The van der Waals surface area contributed by atoms with Crippen molar-refractivity contribution in [2.24, 2.45) is 0 Å². The van der Waals surface area contributed by atoms with Crippen molar-refractivity contribution >= 4 is 17.9 Å². The van der Waals surface area contributed by atoms with Crippen molar-refractivity contribution in [1.29, 1.82) is 0 Å². The van der Waals surface area contributed by atoms with Crippen molar-refractivity contribution in [2.75, 3.05) is 11.9 Å². The van der Waals surface area contributed by atoms with Crippen molar-refractivity contribution in [3.63, 3.8) is 0 Å². The van der Waals surface area contributed by atoms with E-state index in [2.05, 4.69) is 34.6 Å². The largest absolute Gasteiger partial charge is 0.478 e. The highest BCUT2D eigenvalue weighted by molar-refractivity contribution is 5.97. The Balaban J connectivity index is 1.35. The van der Waals surface area contributed by atoms with Crippen LogP contribution in [0.3, 0.4) is 0 Å². The van der Waals surface area contributed by atoms with Crippen molar-refractivity contribution in [2.45, 2.75) is 31.6 Å². The van der Waals surface area contributed by atoms with E-state index >= 15 is 0 Å². The number of carboxylic acids is 1. The zero-order valence-corrected chi connectivity index (χ0v) is 16.9. The average Bonchev–Trinajstić information content (AvgIpc) is 3.11. The molecule has 3 aromatic rings. The molecule has 0 atom stereocenters. The van der Waals surface area contributed by atoms with Gasteiger partial charge in [-0.3, -0.25) is 5.32 Å². The summed E-state index contributed by atoms with van der Waals surface area (Å²) >= 11 is 0. The molecule has 2 N–H and O–H groups in total. The molecule has 1 heterocycles. The molecule has 2 aliphatic rings. The number of carboxylic acid groups (broad SMARTS) is 1. The molecule has 0 bridgehead atoms. The van der Waals surface area contributed by atoms with Gasteiger partial charge in [0.25, 0.3) is 0 Å². The van der Waals surface area contributed by atoms with Crippen LogP contribution >= 0.6 is 0 Å². The third kappa shape index (κ3) is 3.54. The van der Waals surface area contributed by atoms with Gasteiger partial charge < -0.3 is 9.84 Å². The van der Waals surface area contributed by atoms with E-state index in [4.69, 9.17) is 4.74 Å². The molecule has 0 saturated heterocycles. The molecule has 6 nitrogen and oxygen atoms in total. The van der Waals surface area contributed by atoms with Gasteiger partial charge in [-0.25, -0.2) is 14.6 Å². The lowest BCUT2D eigenvalue weighted by atomic mass is 9.95. The summed E-state index contributed by atoms with van der Waals surface area (Å²) in [5.41, 5.74) is 6.33. The maximum atomic E-state index is 12.6. The average molecular weight is 414 g/mol. The summed E-state index contributed by atoms with van der Waals surface area (Å²) in [4.78, 5) is 28.7. The summed E-state index contributed by atoms with van der Waals surface area (Å²) < 4.78 is 5.54. The third-order valence-electron chi connectivity index (χ3n) is 6.10. The van der Waals surface area contributed by atoms with Crippen LogP contribution in [0.2, 0.25) is 0 Å². The smallest absolute Gasteiger partial charge is 0.412 e. The molecule has 5 rings (SSSR count). The number of hydrogen-bond donors (Lipinski definition) is 2. The summed E-state index contributed by atoms with van der Waals surface area (Å²) in [5, 5.41) is 12.1. The number of amides is 1. The fourth-order valence-corrected chi connectivity index (χ4v) is 4.62. The van der Waals surface area contributed by atoms with Crippen molar-refractivity contribution in [3.05, 3.63) is 82.5 Å². The summed E-state index contributed by atoms with van der Waals surface area (Å²) in [5.74, 6) is -1.13. The SMILES string of the molecule is O=C(Nc1nc2c(cc1C(=O)O)CCCC2)OCC1c2ccccc2-c2ccccc21. The molecule has 156 valence electrons. The highest BCUT2D eigenvalue weighted by Gasteiger charge is 2.29. The fourth-order valence-electron chi connectivity index (χ4n) is 4.62. The van der Waals surface area contributed by atoms with E-state index in [9.17, 15) is 14.7 Å². The molecule has 2 aromatic carbocycles. The number of ether oxygens (including phenoxy) is 1. The molecule has 0 spiro atoms. The fraction of sp³-hybridized carbons (Fsp3) is 0.240. The second-order valence-corrected chi connectivity index (χ2v) is 7.95. The minimum atomic E-state index is -1.12. The van der Waals surface area contributed by atoms with Crippen LogP contribution in [0.15, 0.2) is 54.6 Å². The topological polar surface area (TPSA) is 88.5 Å². The van der Waals surface area contributed by atoms with Gasteiger partial charge in [-0.1, -0.05) is 48.5 Å². The quantitative estimate of drug-likeness (QED) is 0.626. The maximum absolute atomic E-state index is 12.6. The lowest BCUT2D eigenvalue weighted by Crippen LogP contribution is -2.21. The van der Waals surface area contributed by atoms with Gasteiger partial charge in [-0.15, -0.1) is 0 Å². The Morgan fingerprint density at radius 1 is 1.00 bits per heavy atom. The molecule has 0 fully saturated rings. The number of nitrogens with zero attached hydrogens (tertiary/aromatic N) is 1. The molecular weight excluding hydrogens is 392 g/mol. The maximum Gasteiger partial charge on any atom is 0.412 e. The van der Waals surface area contributed by atoms with Crippen molar-refractivity contribution in [3.8, 4) is 11.1 Å². The number of anilines is 1. The number of aromatic nitrogens is 1. The first-order chi connectivity index (χ1) is 15.1. The summed E-state index contributed by atoms with van der Waals surface area (Å²) in [6, 6.07) is 17.8. The van der Waals surface area contributed by atoms with Gasteiger partial charge in [0.05, 0.1) is 0 Å². The number of carbonyl (C=O) groups excluding carboxylic acids is 1. The molecule has 0 aliphatic heterocycles. The van der Waals surface area contributed by atoms with E-state index in [0.29, 0.717) is 0 Å². The van der Waals surface area contributed by atoms with Crippen LogP contribution in [0.1, 0.15) is 51.5 Å². The van der Waals surface area contributed by atoms with Crippen molar-refractivity contribution < 1.29 is 19.4 Å². The minimum absolute atomic E-state index is 0.00541. The molecular formula is C25H22N2O4. The standard InChI is InChI=1S/C25H22N2O4/c28-24(29)20-13-15-7-1-6-12-22(15)26-23(20)27-25(30)31-14-21-18-10-4-2-8-16(18)17-9-3-5-11-19(17)21/h2-5,8-11,13,21H,1,6-7,12,14H2,(H,28,29)(H,26,27,30). The number of nitrogens with one attached hydrogen (secondary N) is 1. The van der Waals surface area contributed by atoms with Gasteiger partial charge in [0.2, 0.25) is 0 Å². The van der Waals surface area contributed by atoms with Gasteiger partial charge >= 0.3 is 12.1 Å². The number of aromatic carboxylic acids is 1. The van der Waals surface area contributed by atoms with Gasteiger partial charge in [0.1, 0.15) is 18.0 Å². The predicted molar refractivity (Wildman–Crippen MR) is 117 cm³/mol. The Kier molecular flexibility index (Phi) is 4.90. The molecule has 0 unspecified atom stereocenters. The van der Waals surface area contributed by atoms with E-state index in [1.165, 1.54) is 0 Å². The van der Waals surface area contributed by atoms with E-state index in [1.54, 1.807) is 6.07 Å². The van der Waals surface area contributed by atoms with Crippen LogP contribution in [0.5, 0.6) is 0 Å². The number of aryl methyl sites for hydroxylation is 2.